The normalized spacial score (nSPS) is 10.2. The van der Waals surface area contributed by atoms with Gasteiger partial charge in [0.15, 0.2) is 5.78 Å². The van der Waals surface area contributed by atoms with E-state index in [9.17, 15) is 19.2 Å². The first kappa shape index (κ1) is 17.1. The zero-order valence-electron chi connectivity index (χ0n) is 12.9. The summed E-state index contributed by atoms with van der Waals surface area (Å²) >= 11 is 0. The molecule has 1 heterocycles. The predicted molar refractivity (Wildman–Crippen MR) is 84.1 cm³/mol. The number of amides is 1. The second-order valence-corrected chi connectivity index (χ2v) is 4.88. The monoisotopic (exact) mass is 332 g/mol. The number of carbonyl (C=O) groups is 2. The number of rotatable bonds is 7. The lowest BCUT2D eigenvalue weighted by atomic mass is 10.1. The SMILES string of the molecule is COc1ccc(C(=O)CNC(=O)CCc2n[nH]c(=O)[nH]c2=O)cc1. The highest BCUT2D eigenvalue weighted by molar-refractivity contribution is 5.99. The van der Waals surface area contributed by atoms with Gasteiger partial charge in [0.05, 0.1) is 13.7 Å². The summed E-state index contributed by atoms with van der Waals surface area (Å²) in [5.41, 5.74) is -0.847. The highest BCUT2D eigenvalue weighted by Gasteiger charge is 2.10. The molecule has 0 aliphatic carbocycles. The quantitative estimate of drug-likeness (QED) is 0.580. The van der Waals surface area contributed by atoms with Crippen molar-refractivity contribution in [1.29, 1.82) is 0 Å². The molecular weight excluding hydrogens is 316 g/mol. The molecule has 0 bridgehead atoms. The summed E-state index contributed by atoms with van der Waals surface area (Å²) < 4.78 is 5.00. The molecule has 126 valence electrons. The zero-order valence-corrected chi connectivity index (χ0v) is 12.9. The van der Waals surface area contributed by atoms with Crippen LogP contribution in [0.2, 0.25) is 0 Å². The molecule has 24 heavy (non-hydrogen) atoms. The first-order chi connectivity index (χ1) is 11.5. The lowest BCUT2D eigenvalue weighted by Gasteiger charge is -2.05. The Morgan fingerprint density at radius 3 is 2.54 bits per heavy atom. The van der Waals surface area contributed by atoms with Crippen LogP contribution in [0.3, 0.4) is 0 Å². The van der Waals surface area contributed by atoms with Crippen LogP contribution in [-0.4, -0.2) is 40.5 Å². The molecule has 0 saturated carbocycles. The molecule has 1 amide bonds. The Morgan fingerprint density at radius 2 is 1.92 bits per heavy atom. The minimum absolute atomic E-state index is 0.0297. The van der Waals surface area contributed by atoms with Crippen LogP contribution in [0.1, 0.15) is 22.5 Å². The third-order valence-electron chi connectivity index (χ3n) is 3.23. The van der Waals surface area contributed by atoms with E-state index in [1.807, 2.05) is 4.98 Å². The molecule has 9 heteroatoms. The van der Waals surface area contributed by atoms with Gasteiger partial charge >= 0.3 is 5.69 Å². The number of methoxy groups -OCH3 is 1. The average Bonchev–Trinajstić information content (AvgIpc) is 2.59. The summed E-state index contributed by atoms with van der Waals surface area (Å²) in [5, 5.41) is 8.14. The summed E-state index contributed by atoms with van der Waals surface area (Å²) in [5.74, 6) is -0.00973. The van der Waals surface area contributed by atoms with Crippen LogP contribution in [-0.2, 0) is 11.2 Å². The molecule has 0 saturated heterocycles. The van der Waals surface area contributed by atoms with E-state index in [0.717, 1.165) is 0 Å². The number of hydrogen-bond acceptors (Lipinski definition) is 6. The number of aromatic amines is 2. The Kier molecular flexibility index (Phi) is 5.61. The van der Waals surface area contributed by atoms with Crippen LogP contribution in [0.15, 0.2) is 33.9 Å². The number of ether oxygens (including phenoxy) is 1. The van der Waals surface area contributed by atoms with Crippen molar-refractivity contribution in [1.82, 2.24) is 20.5 Å². The van der Waals surface area contributed by atoms with Gasteiger partial charge in [-0.15, -0.1) is 0 Å². The van der Waals surface area contributed by atoms with Crippen LogP contribution in [0.5, 0.6) is 5.75 Å². The summed E-state index contributed by atoms with van der Waals surface area (Å²) in [7, 11) is 1.53. The largest absolute Gasteiger partial charge is 0.497 e. The highest BCUT2D eigenvalue weighted by atomic mass is 16.5. The van der Waals surface area contributed by atoms with E-state index < -0.39 is 17.2 Å². The van der Waals surface area contributed by atoms with Gasteiger partial charge in [-0.25, -0.2) is 9.89 Å². The molecule has 2 rings (SSSR count). The Morgan fingerprint density at radius 1 is 1.21 bits per heavy atom. The Bertz CT molecular complexity index is 838. The highest BCUT2D eigenvalue weighted by Crippen LogP contribution is 2.11. The molecule has 0 aliphatic heterocycles. The molecule has 1 aromatic heterocycles. The van der Waals surface area contributed by atoms with E-state index in [1.54, 1.807) is 24.3 Å². The first-order valence-corrected chi connectivity index (χ1v) is 7.11. The van der Waals surface area contributed by atoms with Gasteiger partial charge in [0.1, 0.15) is 11.4 Å². The number of H-pyrrole nitrogens is 2. The summed E-state index contributed by atoms with van der Waals surface area (Å²) in [4.78, 5) is 48.0. The number of aryl methyl sites for hydroxylation is 1. The standard InChI is InChI=1S/C15H16N4O5/c1-24-10-4-2-9(3-5-10)12(20)8-16-13(21)7-6-11-14(22)17-15(23)19-18-11/h2-5H,6-8H2,1H3,(H,16,21)(H2,17,19,22,23). The van der Waals surface area contributed by atoms with Crippen LogP contribution in [0.25, 0.3) is 0 Å². The molecule has 0 unspecified atom stereocenters. The Balaban J connectivity index is 1.82. The van der Waals surface area contributed by atoms with Gasteiger partial charge in [-0.2, -0.15) is 5.10 Å². The summed E-state index contributed by atoms with van der Waals surface area (Å²) in [6.45, 7) is -0.152. The Labute approximate surface area is 136 Å². The third kappa shape index (κ3) is 4.63. The molecule has 0 spiro atoms. The van der Waals surface area contributed by atoms with E-state index in [-0.39, 0.29) is 30.9 Å². The van der Waals surface area contributed by atoms with Crippen molar-refractivity contribution in [3.05, 3.63) is 56.4 Å². The van der Waals surface area contributed by atoms with Crippen molar-refractivity contribution >= 4 is 11.7 Å². The molecule has 1 aromatic carbocycles. The molecule has 9 nitrogen and oxygen atoms in total. The number of benzene rings is 1. The number of ketones is 1. The molecule has 0 atom stereocenters. The second-order valence-electron chi connectivity index (χ2n) is 4.88. The molecule has 0 fully saturated rings. The fourth-order valence-corrected chi connectivity index (χ4v) is 1.92. The van der Waals surface area contributed by atoms with Crippen molar-refractivity contribution in [2.45, 2.75) is 12.8 Å². The topological polar surface area (TPSA) is 134 Å². The van der Waals surface area contributed by atoms with Crippen LogP contribution < -0.4 is 21.3 Å². The molecule has 0 aliphatic rings. The average molecular weight is 332 g/mol. The van der Waals surface area contributed by atoms with E-state index in [1.165, 1.54) is 7.11 Å². The van der Waals surface area contributed by atoms with Gasteiger partial charge in [0.25, 0.3) is 5.56 Å². The maximum atomic E-state index is 12.0. The number of hydrogen-bond donors (Lipinski definition) is 3. The van der Waals surface area contributed by atoms with Crippen molar-refractivity contribution in [2.24, 2.45) is 0 Å². The molecule has 0 radical (unpaired) electrons. The summed E-state index contributed by atoms with van der Waals surface area (Å²) in [6.07, 6.45) is 0.0205. The van der Waals surface area contributed by atoms with Crippen molar-refractivity contribution in [2.75, 3.05) is 13.7 Å². The molecule has 2 aromatic rings. The van der Waals surface area contributed by atoms with E-state index in [2.05, 4.69) is 15.5 Å². The van der Waals surface area contributed by atoms with Crippen molar-refractivity contribution in [3.63, 3.8) is 0 Å². The van der Waals surface area contributed by atoms with E-state index in [0.29, 0.717) is 11.3 Å². The van der Waals surface area contributed by atoms with Gasteiger partial charge in [-0.1, -0.05) is 0 Å². The maximum Gasteiger partial charge on any atom is 0.342 e. The van der Waals surface area contributed by atoms with E-state index >= 15 is 0 Å². The lowest BCUT2D eigenvalue weighted by Crippen LogP contribution is -2.31. The van der Waals surface area contributed by atoms with Gasteiger partial charge in [-0.05, 0) is 24.3 Å². The fraction of sp³-hybridized carbons (Fsp3) is 0.267. The third-order valence-corrected chi connectivity index (χ3v) is 3.23. The molecular formula is C15H16N4O5. The minimum Gasteiger partial charge on any atom is -0.497 e. The van der Waals surface area contributed by atoms with Crippen molar-refractivity contribution in [3.8, 4) is 5.75 Å². The Hall–Kier alpha value is -3.23. The number of Topliss-reactive ketones (excluding diaryl/α,β-unsaturated/α-hetero) is 1. The van der Waals surface area contributed by atoms with Gasteiger partial charge < -0.3 is 10.1 Å². The van der Waals surface area contributed by atoms with Crippen molar-refractivity contribution < 1.29 is 14.3 Å². The fourth-order valence-electron chi connectivity index (χ4n) is 1.92. The number of carbonyl (C=O) groups excluding carboxylic acids is 2. The smallest absolute Gasteiger partial charge is 0.342 e. The minimum atomic E-state index is -0.710. The van der Waals surface area contributed by atoms with Crippen LogP contribution in [0.4, 0.5) is 0 Å². The first-order valence-electron chi connectivity index (χ1n) is 7.11. The predicted octanol–water partition coefficient (Wildman–Crippen LogP) is -0.601. The number of nitrogens with one attached hydrogen (secondary N) is 3. The number of nitrogens with zero attached hydrogens (tertiary/aromatic N) is 1. The van der Waals surface area contributed by atoms with Gasteiger partial charge in [0, 0.05) is 18.4 Å². The maximum absolute atomic E-state index is 12.0. The van der Waals surface area contributed by atoms with Gasteiger partial charge in [-0.3, -0.25) is 19.4 Å². The molecule has 3 N–H and O–H groups in total. The second kappa shape index (κ2) is 7.86. The van der Waals surface area contributed by atoms with Crippen LogP contribution in [0, 0.1) is 0 Å². The lowest BCUT2D eigenvalue weighted by molar-refractivity contribution is -0.120. The number of aromatic nitrogens is 3. The summed E-state index contributed by atoms with van der Waals surface area (Å²) in [6, 6.07) is 6.53. The van der Waals surface area contributed by atoms with Gasteiger partial charge in [0.2, 0.25) is 5.91 Å². The zero-order chi connectivity index (χ0) is 17.5. The van der Waals surface area contributed by atoms with E-state index in [4.69, 9.17) is 4.74 Å². The van der Waals surface area contributed by atoms with Crippen LogP contribution >= 0.6 is 0 Å².